The van der Waals surface area contributed by atoms with Crippen LogP contribution in [0.25, 0.3) is 0 Å². The molecule has 0 spiro atoms. The average molecular weight is 370 g/mol. The molecule has 8 heteroatoms. The summed E-state index contributed by atoms with van der Waals surface area (Å²) in [4.78, 5) is 45.7. The quantitative estimate of drug-likeness (QED) is 0.826. The van der Waals surface area contributed by atoms with Gasteiger partial charge in [-0.2, -0.15) is 0 Å². The lowest BCUT2D eigenvalue weighted by Gasteiger charge is -2.11. The second-order valence-electron chi connectivity index (χ2n) is 6.49. The van der Waals surface area contributed by atoms with Crippen LogP contribution in [0, 0.1) is 13.8 Å². The summed E-state index contributed by atoms with van der Waals surface area (Å²) in [5, 5.41) is 2.72. The number of methoxy groups -OCH3 is 1. The largest absolute Gasteiger partial charge is 0.481 e. The Kier molecular flexibility index (Phi) is 4.98. The molecule has 0 fully saturated rings. The van der Waals surface area contributed by atoms with Gasteiger partial charge in [-0.15, -0.1) is 0 Å². The van der Waals surface area contributed by atoms with Crippen LogP contribution < -0.4 is 15.6 Å². The molecule has 3 rings (SSSR count). The lowest BCUT2D eigenvalue weighted by molar-refractivity contribution is 0.0786. The summed E-state index contributed by atoms with van der Waals surface area (Å²) in [5.74, 6) is -0.215. The molecule has 3 heterocycles. The van der Waals surface area contributed by atoms with E-state index >= 15 is 0 Å². The monoisotopic (exact) mass is 370 g/mol. The van der Waals surface area contributed by atoms with E-state index in [0.29, 0.717) is 47.0 Å². The highest BCUT2D eigenvalue weighted by molar-refractivity contribution is 5.98. The summed E-state index contributed by atoms with van der Waals surface area (Å²) in [6.45, 7) is 6.52. The van der Waals surface area contributed by atoms with Crippen LogP contribution in [-0.4, -0.2) is 40.3 Å². The Morgan fingerprint density at radius 2 is 2.07 bits per heavy atom. The van der Waals surface area contributed by atoms with Crippen LogP contribution in [0.1, 0.15) is 50.2 Å². The van der Waals surface area contributed by atoms with E-state index in [1.165, 1.54) is 7.11 Å². The van der Waals surface area contributed by atoms with Gasteiger partial charge in [0.2, 0.25) is 5.88 Å². The van der Waals surface area contributed by atoms with Crippen molar-refractivity contribution < 1.29 is 14.3 Å². The van der Waals surface area contributed by atoms with Crippen molar-refractivity contribution in [3.8, 4) is 5.88 Å². The third-order valence-corrected chi connectivity index (χ3v) is 4.61. The van der Waals surface area contributed by atoms with Crippen LogP contribution in [0.3, 0.4) is 0 Å². The molecule has 142 valence electrons. The van der Waals surface area contributed by atoms with Gasteiger partial charge in [0.25, 0.3) is 17.4 Å². The maximum Gasteiger partial charge on any atom is 0.261 e. The highest BCUT2D eigenvalue weighted by atomic mass is 16.5. The van der Waals surface area contributed by atoms with E-state index in [4.69, 9.17) is 4.74 Å². The van der Waals surface area contributed by atoms with Crippen molar-refractivity contribution in [3.63, 3.8) is 0 Å². The van der Waals surface area contributed by atoms with Crippen LogP contribution in [0.15, 0.2) is 16.9 Å². The molecule has 0 saturated carbocycles. The minimum atomic E-state index is -0.488. The van der Waals surface area contributed by atoms with E-state index < -0.39 is 11.5 Å². The van der Waals surface area contributed by atoms with Crippen molar-refractivity contribution in [1.82, 2.24) is 20.2 Å². The van der Waals surface area contributed by atoms with Gasteiger partial charge in [0.05, 0.1) is 24.9 Å². The van der Waals surface area contributed by atoms with Crippen LogP contribution >= 0.6 is 0 Å². The molecule has 0 bridgehead atoms. The lowest BCUT2D eigenvalue weighted by atomic mass is 10.1. The molecule has 2 aromatic heterocycles. The van der Waals surface area contributed by atoms with Crippen molar-refractivity contribution in [2.45, 2.75) is 33.9 Å². The number of hydrogen-bond acceptors (Lipinski definition) is 5. The van der Waals surface area contributed by atoms with Gasteiger partial charge in [-0.25, -0.2) is 4.98 Å². The molecule has 1 aliphatic rings. The van der Waals surface area contributed by atoms with E-state index in [0.717, 1.165) is 0 Å². The number of aryl methyl sites for hydroxylation is 2. The number of rotatable bonds is 5. The van der Waals surface area contributed by atoms with Crippen LogP contribution in [0.2, 0.25) is 0 Å². The minimum absolute atomic E-state index is 0.0712. The summed E-state index contributed by atoms with van der Waals surface area (Å²) >= 11 is 0. The Balaban J connectivity index is 1.85. The summed E-state index contributed by atoms with van der Waals surface area (Å²) in [5.41, 5.74) is 2.70. The molecule has 2 amide bonds. The van der Waals surface area contributed by atoms with Crippen LogP contribution in [0.4, 0.5) is 0 Å². The van der Waals surface area contributed by atoms with Crippen molar-refractivity contribution in [2.24, 2.45) is 0 Å². The molecule has 0 atom stereocenters. The van der Waals surface area contributed by atoms with Crippen molar-refractivity contribution in [3.05, 3.63) is 56.1 Å². The predicted octanol–water partition coefficient (Wildman–Crippen LogP) is 1.30. The molecule has 2 N–H and O–H groups in total. The van der Waals surface area contributed by atoms with E-state index in [-0.39, 0.29) is 18.0 Å². The standard InChI is InChI=1S/C19H22N4O4/c1-5-23-9-14-13(19(23)26)7-12(18(22-14)27-4)8-20-16(24)15-10(2)6-11(3)21-17(15)25/h6-7H,5,8-9H2,1-4H3,(H,20,24)(H,21,25). The lowest BCUT2D eigenvalue weighted by Crippen LogP contribution is -2.31. The number of amides is 2. The second-order valence-corrected chi connectivity index (χ2v) is 6.49. The molecule has 27 heavy (non-hydrogen) atoms. The fourth-order valence-corrected chi connectivity index (χ4v) is 3.26. The van der Waals surface area contributed by atoms with Crippen molar-refractivity contribution in [2.75, 3.05) is 13.7 Å². The number of ether oxygens (including phenoxy) is 1. The smallest absolute Gasteiger partial charge is 0.261 e. The van der Waals surface area contributed by atoms with Crippen LogP contribution in [0.5, 0.6) is 5.88 Å². The first-order chi connectivity index (χ1) is 12.8. The van der Waals surface area contributed by atoms with Crippen molar-refractivity contribution in [1.29, 1.82) is 0 Å². The number of carbonyl (C=O) groups is 2. The predicted molar refractivity (Wildman–Crippen MR) is 98.9 cm³/mol. The number of H-pyrrole nitrogens is 1. The first-order valence-corrected chi connectivity index (χ1v) is 8.70. The highest BCUT2D eigenvalue weighted by Crippen LogP contribution is 2.27. The molecule has 0 unspecified atom stereocenters. The number of nitrogens with one attached hydrogen (secondary N) is 2. The van der Waals surface area contributed by atoms with Crippen LogP contribution in [-0.2, 0) is 13.1 Å². The van der Waals surface area contributed by atoms with Gasteiger partial charge in [-0.3, -0.25) is 14.4 Å². The Bertz CT molecular complexity index is 980. The third kappa shape index (κ3) is 3.42. The van der Waals surface area contributed by atoms with E-state index in [2.05, 4.69) is 15.3 Å². The maximum absolute atomic E-state index is 12.5. The Hall–Kier alpha value is -3.16. The summed E-state index contributed by atoms with van der Waals surface area (Å²) in [6.07, 6.45) is 0. The van der Waals surface area contributed by atoms with E-state index in [9.17, 15) is 14.4 Å². The second kappa shape index (κ2) is 7.22. The highest BCUT2D eigenvalue weighted by Gasteiger charge is 2.29. The third-order valence-electron chi connectivity index (χ3n) is 4.61. The van der Waals surface area contributed by atoms with Gasteiger partial charge in [0.15, 0.2) is 0 Å². The molecule has 0 aliphatic carbocycles. The number of nitrogens with zero attached hydrogens (tertiary/aromatic N) is 2. The number of aromatic nitrogens is 2. The van der Waals surface area contributed by atoms with Gasteiger partial charge in [-0.05, 0) is 38.5 Å². The average Bonchev–Trinajstić information content (AvgIpc) is 2.93. The molecule has 1 aliphatic heterocycles. The van der Waals surface area contributed by atoms with E-state index in [1.54, 1.807) is 30.9 Å². The fourth-order valence-electron chi connectivity index (χ4n) is 3.26. The maximum atomic E-state index is 12.5. The summed E-state index contributed by atoms with van der Waals surface area (Å²) in [6, 6.07) is 3.44. The zero-order valence-electron chi connectivity index (χ0n) is 15.8. The normalized spacial score (nSPS) is 12.9. The van der Waals surface area contributed by atoms with Gasteiger partial charge < -0.3 is 19.9 Å². The zero-order valence-corrected chi connectivity index (χ0v) is 15.8. The molecule has 2 aromatic rings. The van der Waals surface area contributed by atoms with E-state index in [1.807, 2.05) is 6.92 Å². The first-order valence-electron chi connectivity index (χ1n) is 8.70. The Labute approximate surface area is 156 Å². The molecular weight excluding hydrogens is 348 g/mol. The number of fused-ring (bicyclic) bond motifs is 1. The number of aromatic amines is 1. The van der Waals surface area contributed by atoms with Gasteiger partial charge in [-0.1, -0.05) is 0 Å². The SMILES string of the molecule is CCN1Cc2nc(OC)c(CNC(=O)c3c(C)cc(C)[nH]c3=O)cc2C1=O. The van der Waals surface area contributed by atoms with Gasteiger partial charge in [0.1, 0.15) is 5.56 Å². The topological polar surface area (TPSA) is 104 Å². The number of hydrogen-bond donors (Lipinski definition) is 2. The Morgan fingerprint density at radius 1 is 1.33 bits per heavy atom. The molecular formula is C19H22N4O4. The minimum Gasteiger partial charge on any atom is -0.481 e. The number of pyridine rings is 2. The first kappa shape index (κ1) is 18.6. The summed E-state index contributed by atoms with van der Waals surface area (Å²) in [7, 11) is 1.49. The Morgan fingerprint density at radius 3 is 2.70 bits per heavy atom. The summed E-state index contributed by atoms with van der Waals surface area (Å²) < 4.78 is 5.32. The fraction of sp³-hybridized carbons (Fsp3) is 0.368. The van der Waals surface area contributed by atoms with Gasteiger partial charge >= 0.3 is 0 Å². The molecule has 0 aromatic carbocycles. The van der Waals surface area contributed by atoms with Gasteiger partial charge in [0, 0.05) is 24.3 Å². The number of carbonyl (C=O) groups excluding carboxylic acids is 2. The molecule has 8 nitrogen and oxygen atoms in total. The van der Waals surface area contributed by atoms with Crippen molar-refractivity contribution >= 4 is 11.8 Å². The zero-order chi connectivity index (χ0) is 19.7. The molecule has 0 saturated heterocycles. The molecule has 0 radical (unpaired) electrons.